The maximum Gasteiger partial charge on any atom is 0.330 e. The van der Waals surface area contributed by atoms with Crippen molar-refractivity contribution in [3.63, 3.8) is 0 Å². The van der Waals surface area contributed by atoms with Gasteiger partial charge < -0.3 is 10.2 Å². The van der Waals surface area contributed by atoms with Crippen molar-refractivity contribution >= 4 is 5.97 Å². The highest BCUT2D eigenvalue weighted by Crippen LogP contribution is 2.57. The van der Waals surface area contributed by atoms with Gasteiger partial charge in [0.1, 0.15) is 0 Å². The summed E-state index contributed by atoms with van der Waals surface area (Å²) in [6.45, 7) is 6.69. The predicted molar refractivity (Wildman–Crippen MR) is 70.1 cm³/mol. The van der Waals surface area contributed by atoms with E-state index in [-0.39, 0.29) is 11.2 Å². The Morgan fingerprint density at radius 1 is 1.11 bits per heavy atom. The third-order valence-corrected chi connectivity index (χ3v) is 5.16. The number of carboxylic acids is 1. The number of rotatable bonds is 1. The third kappa shape index (κ3) is 2.46. The monoisotopic (exact) mass is 252 g/mol. The Kier molecular flexibility index (Phi) is 3.54. The Hall–Kier alpha value is -0.830. The van der Waals surface area contributed by atoms with Crippen LogP contribution in [0.5, 0.6) is 0 Å². The highest BCUT2D eigenvalue weighted by molar-refractivity contribution is 5.84. The van der Waals surface area contributed by atoms with Crippen LogP contribution in [0, 0.1) is 23.7 Å². The first-order valence-electron chi connectivity index (χ1n) is 6.91. The van der Waals surface area contributed by atoms with E-state index in [2.05, 4.69) is 13.5 Å². The van der Waals surface area contributed by atoms with Crippen molar-refractivity contribution in [3.05, 3.63) is 12.2 Å². The quantitative estimate of drug-likeness (QED) is 0.705. The minimum Gasteiger partial charge on any atom is -0.478 e. The van der Waals surface area contributed by atoms with Crippen molar-refractivity contribution in [1.29, 1.82) is 0 Å². The van der Waals surface area contributed by atoms with Crippen molar-refractivity contribution < 1.29 is 15.0 Å². The molecule has 4 bridgehead atoms. The Labute approximate surface area is 109 Å². The van der Waals surface area contributed by atoms with Gasteiger partial charge in [-0.3, -0.25) is 0 Å². The first-order chi connectivity index (χ1) is 8.30. The first-order valence-corrected chi connectivity index (χ1v) is 6.91. The summed E-state index contributed by atoms with van der Waals surface area (Å²) in [6.07, 6.45) is 6.75. The second-order valence-electron chi connectivity index (χ2n) is 6.62. The molecule has 0 amide bonds. The fourth-order valence-corrected chi connectivity index (χ4v) is 4.14. The molecule has 102 valence electrons. The molecule has 0 saturated heterocycles. The summed E-state index contributed by atoms with van der Waals surface area (Å²) in [5.41, 5.74) is -0.122. The minimum atomic E-state index is -0.935. The van der Waals surface area contributed by atoms with E-state index >= 15 is 0 Å². The molecular weight excluding hydrogens is 228 g/mol. The summed E-state index contributed by atoms with van der Waals surface area (Å²) in [5.74, 6) is 2.32. The lowest BCUT2D eigenvalue weighted by molar-refractivity contribution is -0.161. The van der Waals surface area contributed by atoms with Gasteiger partial charge in [-0.25, -0.2) is 4.79 Å². The fourth-order valence-electron chi connectivity index (χ4n) is 4.14. The SMILES string of the molecule is C=C(C)C(=O)O.CC1(O)C2CC3CC(C2)CC1C3. The minimum absolute atomic E-state index is 0.176. The van der Waals surface area contributed by atoms with Crippen LogP contribution in [0.15, 0.2) is 12.2 Å². The van der Waals surface area contributed by atoms with Crippen LogP contribution in [0.1, 0.15) is 46.0 Å². The second-order valence-corrected chi connectivity index (χ2v) is 6.62. The Morgan fingerprint density at radius 2 is 1.44 bits per heavy atom. The number of aliphatic hydroxyl groups is 1. The van der Waals surface area contributed by atoms with Crippen LogP contribution < -0.4 is 0 Å². The van der Waals surface area contributed by atoms with E-state index in [1.807, 2.05) is 0 Å². The molecule has 0 radical (unpaired) electrons. The van der Waals surface area contributed by atoms with Gasteiger partial charge in [-0.1, -0.05) is 6.58 Å². The summed E-state index contributed by atoms with van der Waals surface area (Å²) in [7, 11) is 0. The fraction of sp³-hybridized carbons (Fsp3) is 0.800. The highest BCUT2D eigenvalue weighted by Gasteiger charge is 2.53. The average molecular weight is 252 g/mol. The van der Waals surface area contributed by atoms with Crippen LogP contribution in [0.4, 0.5) is 0 Å². The molecule has 18 heavy (non-hydrogen) atoms. The maximum atomic E-state index is 10.3. The van der Waals surface area contributed by atoms with Crippen LogP contribution in [-0.4, -0.2) is 21.8 Å². The molecule has 4 aliphatic carbocycles. The molecule has 4 fully saturated rings. The highest BCUT2D eigenvalue weighted by atomic mass is 16.4. The van der Waals surface area contributed by atoms with Gasteiger partial charge >= 0.3 is 5.97 Å². The zero-order chi connectivity index (χ0) is 13.5. The summed E-state index contributed by atoms with van der Waals surface area (Å²) in [6, 6.07) is 0. The van der Waals surface area contributed by atoms with Crippen molar-refractivity contribution in [3.8, 4) is 0 Å². The smallest absolute Gasteiger partial charge is 0.330 e. The van der Waals surface area contributed by atoms with E-state index < -0.39 is 5.97 Å². The zero-order valence-electron chi connectivity index (χ0n) is 11.4. The topological polar surface area (TPSA) is 57.5 Å². The number of carbonyl (C=O) groups is 1. The molecule has 2 N–H and O–H groups in total. The molecular formula is C15H24O3. The van der Waals surface area contributed by atoms with Gasteiger partial charge in [0.15, 0.2) is 0 Å². The molecule has 0 spiro atoms. The predicted octanol–water partition coefficient (Wildman–Crippen LogP) is 2.84. The summed E-state index contributed by atoms with van der Waals surface area (Å²) < 4.78 is 0. The molecule has 4 saturated carbocycles. The van der Waals surface area contributed by atoms with Crippen LogP contribution in [-0.2, 0) is 4.79 Å². The number of carboxylic acid groups (broad SMARTS) is 1. The van der Waals surface area contributed by atoms with Gasteiger partial charge in [0.05, 0.1) is 5.60 Å². The normalized spacial score (nSPS) is 44.2. The van der Waals surface area contributed by atoms with Gasteiger partial charge in [0.25, 0.3) is 0 Å². The lowest BCUT2D eigenvalue weighted by atomic mass is 9.50. The van der Waals surface area contributed by atoms with Crippen LogP contribution in [0.25, 0.3) is 0 Å². The van der Waals surface area contributed by atoms with Gasteiger partial charge in [0, 0.05) is 5.57 Å². The van der Waals surface area contributed by atoms with Gasteiger partial charge in [-0.05, 0) is 69.6 Å². The Morgan fingerprint density at radius 3 is 1.72 bits per heavy atom. The van der Waals surface area contributed by atoms with Crippen molar-refractivity contribution in [2.45, 2.75) is 51.6 Å². The van der Waals surface area contributed by atoms with Gasteiger partial charge in [-0.2, -0.15) is 0 Å². The number of hydrogen-bond donors (Lipinski definition) is 2. The average Bonchev–Trinajstić information content (AvgIpc) is 2.26. The zero-order valence-corrected chi connectivity index (χ0v) is 11.4. The van der Waals surface area contributed by atoms with E-state index in [1.165, 1.54) is 39.0 Å². The van der Waals surface area contributed by atoms with E-state index in [1.54, 1.807) is 0 Å². The summed E-state index contributed by atoms with van der Waals surface area (Å²) >= 11 is 0. The molecule has 3 heteroatoms. The molecule has 0 aliphatic heterocycles. The summed E-state index contributed by atoms with van der Waals surface area (Å²) in [5, 5.41) is 18.2. The standard InChI is InChI=1S/C11H18O.C4H6O2/c1-11(12)9-3-7-2-8(5-9)6-10(11)4-7;1-3(2)4(5)6/h7-10,12H,2-6H2,1H3;1H2,2H3,(H,5,6). The molecule has 0 aromatic rings. The lowest BCUT2D eigenvalue weighted by Crippen LogP contribution is -2.55. The molecule has 0 aromatic carbocycles. The molecule has 0 unspecified atom stereocenters. The van der Waals surface area contributed by atoms with E-state index in [0.717, 1.165) is 11.8 Å². The number of aliphatic carboxylic acids is 1. The van der Waals surface area contributed by atoms with Gasteiger partial charge in [0.2, 0.25) is 0 Å². The van der Waals surface area contributed by atoms with Crippen LogP contribution in [0.2, 0.25) is 0 Å². The Bertz CT molecular complexity index is 315. The molecule has 0 atom stereocenters. The van der Waals surface area contributed by atoms with E-state index in [4.69, 9.17) is 5.11 Å². The largest absolute Gasteiger partial charge is 0.478 e. The summed E-state index contributed by atoms with van der Waals surface area (Å²) in [4.78, 5) is 9.60. The lowest BCUT2D eigenvalue weighted by Gasteiger charge is -2.57. The molecule has 3 nitrogen and oxygen atoms in total. The van der Waals surface area contributed by atoms with Crippen molar-refractivity contribution in [2.24, 2.45) is 23.7 Å². The number of hydrogen-bond acceptors (Lipinski definition) is 2. The Balaban J connectivity index is 0.000000174. The van der Waals surface area contributed by atoms with E-state index in [0.29, 0.717) is 11.8 Å². The van der Waals surface area contributed by atoms with Crippen molar-refractivity contribution in [1.82, 2.24) is 0 Å². The van der Waals surface area contributed by atoms with Crippen molar-refractivity contribution in [2.75, 3.05) is 0 Å². The van der Waals surface area contributed by atoms with Gasteiger partial charge in [-0.15, -0.1) is 0 Å². The first kappa shape index (κ1) is 13.6. The van der Waals surface area contributed by atoms with Crippen LogP contribution in [0.3, 0.4) is 0 Å². The molecule has 0 heterocycles. The molecule has 0 aromatic heterocycles. The molecule has 4 rings (SSSR count). The molecule has 4 aliphatic rings. The third-order valence-electron chi connectivity index (χ3n) is 5.16. The maximum absolute atomic E-state index is 10.3. The second kappa shape index (κ2) is 4.69. The van der Waals surface area contributed by atoms with Crippen LogP contribution >= 0.6 is 0 Å². The van der Waals surface area contributed by atoms with E-state index in [9.17, 15) is 9.90 Å².